The lowest BCUT2D eigenvalue weighted by atomic mass is 10.0. The van der Waals surface area contributed by atoms with Crippen LogP contribution in [0.2, 0.25) is 10.0 Å². The summed E-state index contributed by atoms with van der Waals surface area (Å²) in [4.78, 5) is 13.5. The molecule has 132 valence electrons. The minimum absolute atomic E-state index is 0.0812. The molecular weight excluding hydrogens is 362 g/mol. The fraction of sp³-hybridized carbons (Fsp3) is 0.316. The van der Waals surface area contributed by atoms with Crippen LogP contribution in [0.3, 0.4) is 0 Å². The summed E-state index contributed by atoms with van der Waals surface area (Å²) in [5.41, 5.74) is 1.18. The van der Waals surface area contributed by atoms with Gasteiger partial charge < -0.3 is 10.2 Å². The molecule has 0 unspecified atom stereocenters. The van der Waals surface area contributed by atoms with Gasteiger partial charge >= 0.3 is 0 Å². The van der Waals surface area contributed by atoms with Crippen LogP contribution in [0.1, 0.15) is 28.8 Å². The number of amides is 1. The predicted molar refractivity (Wildman–Crippen MR) is 97.8 cm³/mol. The van der Waals surface area contributed by atoms with E-state index in [1.165, 1.54) is 11.0 Å². The molecule has 0 radical (unpaired) electrons. The molecule has 0 saturated carbocycles. The third-order valence-corrected chi connectivity index (χ3v) is 5.23. The molecular formula is C19H20Cl2FN2O+. The molecule has 0 aliphatic carbocycles. The fourth-order valence-electron chi connectivity index (χ4n) is 3.17. The van der Waals surface area contributed by atoms with Crippen molar-refractivity contribution in [2.45, 2.75) is 25.4 Å². The van der Waals surface area contributed by atoms with E-state index in [1.807, 2.05) is 0 Å². The molecule has 1 fully saturated rings. The lowest BCUT2D eigenvalue weighted by Gasteiger charge is -2.30. The number of likely N-dealkylation sites (tertiary alicyclic amines) is 1. The summed E-state index contributed by atoms with van der Waals surface area (Å²) in [6, 6.07) is 11.8. The molecule has 2 aromatic rings. The van der Waals surface area contributed by atoms with Crippen molar-refractivity contribution in [3.8, 4) is 0 Å². The minimum atomic E-state index is -0.252. The van der Waals surface area contributed by atoms with Gasteiger partial charge in [-0.15, -0.1) is 0 Å². The highest BCUT2D eigenvalue weighted by Gasteiger charge is 2.25. The molecule has 0 aromatic heterocycles. The van der Waals surface area contributed by atoms with Crippen molar-refractivity contribution in [2.75, 3.05) is 13.1 Å². The molecule has 0 spiro atoms. The van der Waals surface area contributed by atoms with Crippen LogP contribution in [0.25, 0.3) is 0 Å². The average molecular weight is 382 g/mol. The largest absolute Gasteiger partial charge is 0.349 e. The summed E-state index contributed by atoms with van der Waals surface area (Å²) in [6.45, 7) is 2.32. The van der Waals surface area contributed by atoms with Crippen LogP contribution in [-0.2, 0) is 6.54 Å². The Morgan fingerprint density at radius 1 is 1.12 bits per heavy atom. The van der Waals surface area contributed by atoms with Crippen molar-refractivity contribution < 1.29 is 14.1 Å². The zero-order chi connectivity index (χ0) is 17.8. The number of halogens is 3. The molecule has 6 heteroatoms. The van der Waals surface area contributed by atoms with Crippen molar-refractivity contribution in [2.24, 2.45) is 0 Å². The van der Waals surface area contributed by atoms with Crippen LogP contribution in [0, 0.1) is 5.82 Å². The Kier molecular flexibility index (Phi) is 5.94. The van der Waals surface area contributed by atoms with Gasteiger partial charge in [-0.25, -0.2) is 4.39 Å². The molecule has 0 atom stereocenters. The maximum absolute atomic E-state index is 13.9. The number of rotatable bonds is 4. The zero-order valence-corrected chi connectivity index (χ0v) is 15.2. The molecule has 1 aliphatic heterocycles. The summed E-state index contributed by atoms with van der Waals surface area (Å²) in [5, 5.41) is 4.16. The summed E-state index contributed by atoms with van der Waals surface area (Å²) in [6.07, 6.45) is 1.72. The monoisotopic (exact) mass is 381 g/mol. The van der Waals surface area contributed by atoms with E-state index in [1.54, 1.807) is 36.4 Å². The quantitative estimate of drug-likeness (QED) is 0.837. The van der Waals surface area contributed by atoms with E-state index in [0.29, 0.717) is 27.7 Å². The Bertz CT molecular complexity index is 723. The Morgan fingerprint density at radius 3 is 2.44 bits per heavy atom. The van der Waals surface area contributed by atoms with Crippen molar-refractivity contribution in [3.05, 3.63) is 69.5 Å². The number of hydrogen-bond donors (Lipinski definition) is 2. The molecule has 1 saturated heterocycles. The first-order valence-electron chi connectivity index (χ1n) is 8.36. The van der Waals surface area contributed by atoms with E-state index in [-0.39, 0.29) is 17.8 Å². The van der Waals surface area contributed by atoms with Crippen LogP contribution >= 0.6 is 23.2 Å². The van der Waals surface area contributed by atoms with E-state index < -0.39 is 0 Å². The molecule has 1 heterocycles. The van der Waals surface area contributed by atoms with E-state index in [0.717, 1.165) is 25.9 Å². The molecule has 3 nitrogen and oxygen atoms in total. The SMILES string of the molecule is O=C(NC1CC[NH+](Cc2c(F)cccc2Cl)CC1)c1ccc(Cl)cc1. The predicted octanol–water partition coefficient (Wildman–Crippen LogP) is 3.11. The van der Waals surface area contributed by atoms with Gasteiger partial charge in [-0.1, -0.05) is 29.3 Å². The van der Waals surface area contributed by atoms with Crippen molar-refractivity contribution in [3.63, 3.8) is 0 Å². The lowest BCUT2D eigenvalue weighted by Crippen LogP contribution is -3.12. The molecule has 25 heavy (non-hydrogen) atoms. The topological polar surface area (TPSA) is 33.5 Å². The summed E-state index contributed by atoms with van der Waals surface area (Å²) >= 11 is 11.9. The summed E-state index contributed by atoms with van der Waals surface area (Å²) < 4.78 is 13.9. The van der Waals surface area contributed by atoms with Crippen molar-refractivity contribution in [1.82, 2.24) is 5.32 Å². The Morgan fingerprint density at radius 2 is 1.80 bits per heavy atom. The molecule has 3 rings (SSSR count). The highest BCUT2D eigenvalue weighted by molar-refractivity contribution is 6.31. The van der Waals surface area contributed by atoms with Gasteiger partial charge in [0.25, 0.3) is 5.91 Å². The number of benzene rings is 2. The normalized spacial score (nSPS) is 20.3. The number of carbonyl (C=O) groups excluding carboxylic acids is 1. The highest BCUT2D eigenvalue weighted by atomic mass is 35.5. The zero-order valence-electron chi connectivity index (χ0n) is 13.7. The average Bonchev–Trinajstić information content (AvgIpc) is 2.60. The highest BCUT2D eigenvalue weighted by Crippen LogP contribution is 2.18. The number of nitrogens with one attached hydrogen (secondary N) is 2. The number of piperidine rings is 1. The first-order chi connectivity index (χ1) is 12.0. The number of carbonyl (C=O) groups is 1. The maximum Gasteiger partial charge on any atom is 0.251 e. The Balaban J connectivity index is 1.52. The van der Waals surface area contributed by atoms with Gasteiger partial charge in [0, 0.05) is 29.5 Å². The van der Waals surface area contributed by atoms with E-state index in [4.69, 9.17) is 23.2 Å². The Labute approximate surface area is 156 Å². The van der Waals surface area contributed by atoms with Crippen molar-refractivity contribution >= 4 is 29.1 Å². The smallest absolute Gasteiger partial charge is 0.251 e. The molecule has 2 N–H and O–H groups in total. The first kappa shape index (κ1) is 18.2. The maximum atomic E-state index is 13.9. The van der Waals surface area contributed by atoms with Gasteiger partial charge in [0.1, 0.15) is 12.4 Å². The second-order valence-corrected chi connectivity index (χ2v) is 7.23. The van der Waals surface area contributed by atoms with Gasteiger partial charge in [0.2, 0.25) is 0 Å². The van der Waals surface area contributed by atoms with E-state index >= 15 is 0 Å². The van der Waals surface area contributed by atoms with Crippen LogP contribution in [0.15, 0.2) is 42.5 Å². The van der Waals surface area contributed by atoms with Gasteiger partial charge in [0.05, 0.1) is 23.7 Å². The number of hydrogen-bond acceptors (Lipinski definition) is 1. The van der Waals surface area contributed by atoms with Gasteiger partial charge in [0.15, 0.2) is 0 Å². The summed E-state index contributed by atoms with van der Waals surface area (Å²) in [5.74, 6) is -0.333. The van der Waals surface area contributed by atoms with Crippen LogP contribution in [0.4, 0.5) is 4.39 Å². The lowest BCUT2D eigenvalue weighted by molar-refractivity contribution is -0.919. The van der Waals surface area contributed by atoms with E-state index in [9.17, 15) is 9.18 Å². The van der Waals surface area contributed by atoms with Crippen LogP contribution in [0.5, 0.6) is 0 Å². The third kappa shape index (κ3) is 4.72. The summed E-state index contributed by atoms with van der Waals surface area (Å²) in [7, 11) is 0. The van der Waals surface area contributed by atoms with Gasteiger partial charge in [-0.3, -0.25) is 4.79 Å². The molecule has 1 aliphatic rings. The van der Waals surface area contributed by atoms with Crippen molar-refractivity contribution in [1.29, 1.82) is 0 Å². The fourth-order valence-corrected chi connectivity index (χ4v) is 3.52. The molecule has 1 amide bonds. The second-order valence-electron chi connectivity index (χ2n) is 6.38. The van der Waals surface area contributed by atoms with E-state index in [2.05, 4.69) is 5.32 Å². The van der Waals surface area contributed by atoms with Crippen LogP contribution < -0.4 is 10.2 Å². The van der Waals surface area contributed by atoms with Gasteiger partial charge in [-0.05, 0) is 36.4 Å². The first-order valence-corrected chi connectivity index (χ1v) is 9.11. The molecule has 0 bridgehead atoms. The standard InChI is InChI=1S/C19H19Cl2FN2O/c20-14-6-4-13(5-7-14)19(25)23-15-8-10-24(11-9-15)12-16-17(21)2-1-3-18(16)22/h1-7,15H,8-12H2,(H,23,25)/p+1. The Hall–Kier alpha value is -1.62. The number of quaternary nitrogens is 1. The van der Waals surface area contributed by atoms with Crippen LogP contribution in [-0.4, -0.2) is 25.0 Å². The second kappa shape index (κ2) is 8.17. The molecule has 2 aromatic carbocycles. The minimum Gasteiger partial charge on any atom is -0.349 e. The third-order valence-electron chi connectivity index (χ3n) is 4.62. The van der Waals surface area contributed by atoms with Gasteiger partial charge in [-0.2, -0.15) is 0 Å².